The molecule has 0 saturated heterocycles. The van der Waals surface area contributed by atoms with Crippen LogP contribution in [0.15, 0.2) is 71.3 Å². The molecule has 0 atom stereocenters. The van der Waals surface area contributed by atoms with Crippen LogP contribution in [0.3, 0.4) is 0 Å². The summed E-state index contributed by atoms with van der Waals surface area (Å²) >= 11 is 0. The normalized spacial score (nSPS) is 10.8. The van der Waals surface area contributed by atoms with Crippen LogP contribution in [0.5, 0.6) is 0 Å². The molecule has 0 radical (unpaired) electrons. The second-order valence-corrected chi connectivity index (χ2v) is 6.42. The average Bonchev–Trinajstić information content (AvgIpc) is 3.35. The number of benzene rings is 2. The Morgan fingerprint density at radius 1 is 1.00 bits per heavy atom. The van der Waals surface area contributed by atoms with E-state index in [1.54, 1.807) is 17.8 Å². The standard InChI is InChI=1S/C21H19N5O2/c1-25(14-18-23-24-20(28-18)16-11-7-4-8-12-16)21(27)17-13-22-19(26(17)2)15-9-5-3-6-10-15/h3-13H,14H2,1-2H3. The Kier molecular flexibility index (Phi) is 4.72. The van der Waals surface area contributed by atoms with E-state index in [-0.39, 0.29) is 12.5 Å². The van der Waals surface area contributed by atoms with Gasteiger partial charge in [0, 0.05) is 25.2 Å². The van der Waals surface area contributed by atoms with Gasteiger partial charge in [0.05, 0.1) is 12.7 Å². The van der Waals surface area contributed by atoms with Crippen molar-refractivity contribution in [2.75, 3.05) is 7.05 Å². The Morgan fingerprint density at radius 2 is 1.64 bits per heavy atom. The van der Waals surface area contributed by atoms with E-state index in [0.717, 1.165) is 17.0 Å². The van der Waals surface area contributed by atoms with Crippen LogP contribution in [0.25, 0.3) is 22.8 Å². The lowest BCUT2D eigenvalue weighted by Gasteiger charge is -2.15. The van der Waals surface area contributed by atoms with Crippen molar-refractivity contribution in [3.8, 4) is 22.8 Å². The summed E-state index contributed by atoms with van der Waals surface area (Å²) in [6.45, 7) is 0.213. The van der Waals surface area contributed by atoms with Crippen LogP contribution in [0.2, 0.25) is 0 Å². The topological polar surface area (TPSA) is 77.1 Å². The average molecular weight is 373 g/mol. The molecule has 1 amide bonds. The largest absolute Gasteiger partial charge is 0.419 e. The van der Waals surface area contributed by atoms with Crippen molar-refractivity contribution in [1.82, 2.24) is 24.6 Å². The first kappa shape index (κ1) is 17.7. The highest BCUT2D eigenvalue weighted by molar-refractivity contribution is 5.93. The molecule has 0 bridgehead atoms. The van der Waals surface area contributed by atoms with Gasteiger partial charge in [-0.15, -0.1) is 10.2 Å². The Hall–Kier alpha value is -3.74. The number of aromatic nitrogens is 4. The van der Waals surface area contributed by atoms with Gasteiger partial charge in [-0.3, -0.25) is 4.79 Å². The fourth-order valence-corrected chi connectivity index (χ4v) is 2.95. The molecule has 0 unspecified atom stereocenters. The SMILES string of the molecule is CN(Cc1nnc(-c2ccccc2)o1)C(=O)c1cnc(-c2ccccc2)n1C. The van der Waals surface area contributed by atoms with Crippen molar-refractivity contribution in [2.24, 2.45) is 7.05 Å². The summed E-state index contributed by atoms with van der Waals surface area (Å²) in [5.74, 6) is 1.38. The van der Waals surface area contributed by atoms with Gasteiger partial charge in [0.25, 0.3) is 5.91 Å². The van der Waals surface area contributed by atoms with Gasteiger partial charge in [-0.2, -0.15) is 0 Å². The van der Waals surface area contributed by atoms with Crippen molar-refractivity contribution in [2.45, 2.75) is 6.54 Å². The molecule has 7 nitrogen and oxygen atoms in total. The van der Waals surface area contributed by atoms with Gasteiger partial charge < -0.3 is 13.9 Å². The Bertz CT molecular complexity index is 1090. The molecule has 7 heteroatoms. The first-order valence-electron chi connectivity index (χ1n) is 8.84. The monoisotopic (exact) mass is 373 g/mol. The molecule has 0 aliphatic heterocycles. The van der Waals surface area contributed by atoms with Gasteiger partial charge in [-0.05, 0) is 12.1 Å². The van der Waals surface area contributed by atoms with Gasteiger partial charge in [0.1, 0.15) is 11.5 Å². The number of rotatable bonds is 5. The number of hydrogen-bond acceptors (Lipinski definition) is 5. The van der Waals surface area contributed by atoms with Crippen LogP contribution in [0, 0.1) is 0 Å². The van der Waals surface area contributed by atoms with Crippen LogP contribution in [0.1, 0.15) is 16.4 Å². The van der Waals surface area contributed by atoms with Crippen molar-refractivity contribution >= 4 is 5.91 Å². The Morgan fingerprint density at radius 3 is 2.32 bits per heavy atom. The van der Waals surface area contributed by atoms with E-state index < -0.39 is 0 Å². The Balaban J connectivity index is 1.50. The zero-order valence-corrected chi connectivity index (χ0v) is 15.6. The van der Waals surface area contributed by atoms with Crippen LogP contribution in [-0.2, 0) is 13.6 Å². The highest BCUT2D eigenvalue weighted by Gasteiger charge is 2.20. The predicted molar refractivity (Wildman–Crippen MR) is 104 cm³/mol. The molecule has 140 valence electrons. The molecule has 0 fully saturated rings. The van der Waals surface area contributed by atoms with Crippen molar-refractivity contribution in [1.29, 1.82) is 0 Å². The second kappa shape index (κ2) is 7.48. The summed E-state index contributed by atoms with van der Waals surface area (Å²) in [5, 5.41) is 8.11. The van der Waals surface area contributed by atoms with Gasteiger partial charge in [-0.1, -0.05) is 48.5 Å². The number of hydrogen-bond donors (Lipinski definition) is 0. The zero-order valence-electron chi connectivity index (χ0n) is 15.6. The van der Waals surface area contributed by atoms with Crippen molar-refractivity contribution in [3.63, 3.8) is 0 Å². The molecule has 4 rings (SSSR count). The molecule has 0 N–H and O–H groups in total. The third-order valence-electron chi connectivity index (χ3n) is 4.45. The lowest BCUT2D eigenvalue weighted by Crippen LogP contribution is -2.28. The molecular weight excluding hydrogens is 354 g/mol. The second-order valence-electron chi connectivity index (χ2n) is 6.42. The quantitative estimate of drug-likeness (QED) is 0.536. The summed E-state index contributed by atoms with van der Waals surface area (Å²) in [4.78, 5) is 18.8. The smallest absolute Gasteiger partial charge is 0.272 e. The van der Waals surface area contributed by atoms with Crippen LogP contribution >= 0.6 is 0 Å². The lowest BCUT2D eigenvalue weighted by molar-refractivity contribution is 0.0763. The van der Waals surface area contributed by atoms with E-state index in [9.17, 15) is 4.79 Å². The maximum absolute atomic E-state index is 12.9. The zero-order chi connectivity index (χ0) is 19.5. The molecule has 0 aliphatic rings. The summed E-state index contributed by atoms with van der Waals surface area (Å²) < 4.78 is 7.48. The Labute approximate surface area is 162 Å². The predicted octanol–water partition coefficient (Wildman–Crippen LogP) is 3.41. The molecular formula is C21H19N5O2. The third kappa shape index (κ3) is 3.42. The molecule has 0 saturated carbocycles. The molecule has 2 aromatic carbocycles. The summed E-state index contributed by atoms with van der Waals surface area (Å²) in [6, 6.07) is 19.3. The van der Waals surface area contributed by atoms with Gasteiger partial charge in [0.2, 0.25) is 11.8 Å². The van der Waals surface area contributed by atoms with Crippen molar-refractivity contribution in [3.05, 3.63) is 78.4 Å². The number of imidazole rings is 1. The van der Waals surface area contributed by atoms with Crippen molar-refractivity contribution < 1.29 is 9.21 Å². The minimum atomic E-state index is -0.170. The number of carbonyl (C=O) groups is 1. The van der Waals surface area contributed by atoms with E-state index in [0.29, 0.717) is 17.5 Å². The number of carbonyl (C=O) groups excluding carboxylic acids is 1. The molecule has 4 aromatic rings. The highest BCUT2D eigenvalue weighted by Crippen LogP contribution is 2.20. The van der Waals surface area contributed by atoms with E-state index in [4.69, 9.17) is 4.42 Å². The fourth-order valence-electron chi connectivity index (χ4n) is 2.95. The van der Waals surface area contributed by atoms with Crippen LogP contribution in [0.4, 0.5) is 0 Å². The summed E-state index contributed by atoms with van der Waals surface area (Å²) in [6.07, 6.45) is 1.59. The first-order valence-corrected chi connectivity index (χ1v) is 8.84. The minimum absolute atomic E-state index is 0.170. The fraction of sp³-hybridized carbons (Fsp3) is 0.143. The first-order chi connectivity index (χ1) is 13.6. The van der Waals surface area contributed by atoms with Gasteiger partial charge in [0.15, 0.2) is 0 Å². The van der Waals surface area contributed by atoms with Gasteiger partial charge in [-0.25, -0.2) is 4.98 Å². The maximum atomic E-state index is 12.9. The highest BCUT2D eigenvalue weighted by atomic mass is 16.4. The van der Waals surface area contributed by atoms with Gasteiger partial charge >= 0.3 is 0 Å². The minimum Gasteiger partial charge on any atom is -0.419 e. The molecule has 28 heavy (non-hydrogen) atoms. The number of amides is 1. The molecule has 0 aliphatic carbocycles. The van der Waals surface area contributed by atoms with E-state index in [1.807, 2.05) is 67.7 Å². The van der Waals surface area contributed by atoms with E-state index in [1.165, 1.54) is 4.90 Å². The molecule has 2 heterocycles. The van der Waals surface area contributed by atoms with Crippen LogP contribution in [-0.4, -0.2) is 37.6 Å². The number of nitrogens with zero attached hydrogens (tertiary/aromatic N) is 5. The molecule has 0 spiro atoms. The lowest BCUT2D eigenvalue weighted by atomic mass is 10.2. The van der Waals surface area contributed by atoms with Crippen LogP contribution < -0.4 is 0 Å². The van der Waals surface area contributed by atoms with E-state index in [2.05, 4.69) is 15.2 Å². The summed E-state index contributed by atoms with van der Waals surface area (Å²) in [5.41, 5.74) is 2.29. The maximum Gasteiger partial charge on any atom is 0.272 e. The third-order valence-corrected chi connectivity index (χ3v) is 4.45. The molecule has 2 aromatic heterocycles. The van der Waals surface area contributed by atoms with E-state index >= 15 is 0 Å². The summed E-state index contributed by atoms with van der Waals surface area (Å²) in [7, 11) is 3.53.